The predicted molar refractivity (Wildman–Crippen MR) is 115 cm³/mol. The van der Waals surface area contributed by atoms with Crippen molar-refractivity contribution in [1.82, 2.24) is 5.32 Å². The molecule has 150 valence electrons. The largest absolute Gasteiger partial charge is 0.321 e. The quantitative estimate of drug-likeness (QED) is 0.365. The number of benzene rings is 3. The number of nitrogens with one attached hydrogen (secondary N) is 2. The maximum atomic E-state index is 12.8. The number of nitro benzene ring substituents is 1. The van der Waals surface area contributed by atoms with Crippen LogP contribution < -0.4 is 10.6 Å². The summed E-state index contributed by atoms with van der Waals surface area (Å²) in [5, 5.41) is 16.3. The highest BCUT2D eigenvalue weighted by Crippen LogP contribution is 2.15. The van der Waals surface area contributed by atoms with Crippen LogP contribution >= 0.6 is 0 Å². The summed E-state index contributed by atoms with van der Waals surface area (Å²) in [6.45, 7) is 1.94. The van der Waals surface area contributed by atoms with Crippen molar-refractivity contribution in [2.75, 3.05) is 5.32 Å². The van der Waals surface area contributed by atoms with Gasteiger partial charge in [-0.1, -0.05) is 54.1 Å². The van der Waals surface area contributed by atoms with Crippen LogP contribution in [-0.4, -0.2) is 16.7 Å². The van der Waals surface area contributed by atoms with Gasteiger partial charge in [-0.05, 0) is 36.8 Å². The zero-order valence-corrected chi connectivity index (χ0v) is 16.2. The molecule has 0 aliphatic rings. The first kappa shape index (κ1) is 20.5. The molecule has 7 heteroatoms. The minimum Gasteiger partial charge on any atom is -0.321 e. The van der Waals surface area contributed by atoms with Crippen LogP contribution in [0.5, 0.6) is 0 Å². The molecule has 7 nitrogen and oxygen atoms in total. The molecular weight excluding hydrogens is 382 g/mol. The summed E-state index contributed by atoms with van der Waals surface area (Å²) in [6, 6.07) is 21.6. The van der Waals surface area contributed by atoms with Crippen LogP contribution in [-0.2, 0) is 4.79 Å². The first-order valence-corrected chi connectivity index (χ1v) is 9.13. The van der Waals surface area contributed by atoms with Gasteiger partial charge >= 0.3 is 0 Å². The van der Waals surface area contributed by atoms with Crippen LogP contribution in [0, 0.1) is 17.0 Å². The van der Waals surface area contributed by atoms with Crippen molar-refractivity contribution in [1.29, 1.82) is 0 Å². The van der Waals surface area contributed by atoms with Crippen molar-refractivity contribution in [3.05, 3.63) is 111 Å². The highest BCUT2D eigenvalue weighted by atomic mass is 16.6. The van der Waals surface area contributed by atoms with Crippen molar-refractivity contribution in [2.24, 2.45) is 0 Å². The van der Waals surface area contributed by atoms with Gasteiger partial charge in [0.2, 0.25) is 0 Å². The minimum atomic E-state index is -0.625. The Kier molecular flexibility index (Phi) is 6.34. The molecule has 0 bridgehead atoms. The molecule has 2 amide bonds. The first-order chi connectivity index (χ1) is 14.4. The number of non-ortho nitro benzene ring substituents is 1. The van der Waals surface area contributed by atoms with E-state index in [-0.39, 0.29) is 16.9 Å². The monoisotopic (exact) mass is 401 g/mol. The summed E-state index contributed by atoms with van der Waals surface area (Å²) in [7, 11) is 0. The Bertz CT molecular complexity index is 1110. The molecular formula is C23H19N3O4. The lowest BCUT2D eigenvalue weighted by Gasteiger charge is -2.11. The van der Waals surface area contributed by atoms with E-state index in [1.807, 2.05) is 37.3 Å². The predicted octanol–water partition coefficient (Wildman–Crippen LogP) is 4.31. The number of rotatable bonds is 6. The Morgan fingerprint density at radius 2 is 1.63 bits per heavy atom. The van der Waals surface area contributed by atoms with Crippen LogP contribution in [0.3, 0.4) is 0 Å². The van der Waals surface area contributed by atoms with Crippen molar-refractivity contribution in [2.45, 2.75) is 6.92 Å². The number of hydrogen-bond acceptors (Lipinski definition) is 4. The zero-order chi connectivity index (χ0) is 21.5. The maximum absolute atomic E-state index is 12.8. The van der Waals surface area contributed by atoms with Gasteiger partial charge < -0.3 is 10.6 Å². The summed E-state index contributed by atoms with van der Waals surface area (Å²) in [5.41, 5.74) is 2.22. The van der Waals surface area contributed by atoms with Gasteiger partial charge in [0, 0.05) is 23.4 Å². The van der Waals surface area contributed by atoms with Gasteiger partial charge in [-0.25, -0.2) is 0 Å². The number of nitrogens with zero attached hydrogens (tertiary/aromatic N) is 1. The van der Waals surface area contributed by atoms with Gasteiger partial charge in [0.1, 0.15) is 5.70 Å². The van der Waals surface area contributed by atoms with E-state index in [9.17, 15) is 19.7 Å². The van der Waals surface area contributed by atoms with Gasteiger partial charge in [-0.2, -0.15) is 0 Å². The fraction of sp³-hybridized carbons (Fsp3) is 0.0435. The van der Waals surface area contributed by atoms with E-state index in [1.54, 1.807) is 30.3 Å². The summed E-state index contributed by atoms with van der Waals surface area (Å²) in [6.07, 6.45) is 1.54. The standard InChI is InChI=1S/C23H19N3O4/c1-16-10-12-19(13-11-16)24-23(28)21(14-17-6-3-2-4-7-17)25-22(27)18-8-5-9-20(15-18)26(29)30/h2-15H,1H3,(H,24,28)(H,25,27). The van der Waals surface area contributed by atoms with Crippen LogP contribution in [0.25, 0.3) is 6.08 Å². The second-order valence-corrected chi connectivity index (χ2v) is 6.55. The van der Waals surface area contributed by atoms with E-state index < -0.39 is 16.7 Å². The second-order valence-electron chi connectivity index (χ2n) is 6.55. The number of aryl methyl sites for hydroxylation is 1. The Labute approximate surface area is 173 Å². The summed E-state index contributed by atoms with van der Waals surface area (Å²) < 4.78 is 0. The van der Waals surface area contributed by atoms with Gasteiger partial charge in [0.05, 0.1) is 4.92 Å². The van der Waals surface area contributed by atoms with Gasteiger partial charge in [0.25, 0.3) is 17.5 Å². The molecule has 0 fully saturated rings. The highest BCUT2D eigenvalue weighted by molar-refractivity contribution is 6.10. The molecule has 0 aliphatic carbocycles. The van der Waals surface area contributed by atoms with Crippen LogP contribution in [0.15, 0.2) is 84.6 Å². The highest BCUT2D eigenvalue weighted by Gasteiger charge is 2.17. The van der Waals surface area contributed by atoms with Crippen LogP contribution in [0.1, 0.15) is 21.5 Å². The zero-order valence-electron chi connectivity index (χ0n) is 16.2. The van der Waals surface area contributed by atoms with E-state index in [0.717, 1.165) is 11.6 Å². The average molecular weight is 401 g/mol. The molecule has 0 saturated carbocycles. The number of hydrogen-bond donors (Lipinski definition) is 2. The average Bonchev–Trinajstić information content (AvgIpc) is 2.75. The molecule has 0 aliphatic heterocycles. The molecule has 3 rings (SSSR count). The molecule has 0 unspecified atom stereocenters. The van der Waals surface area contributed by atoms with Gasteiger partial charge in [-0.3, -0.25) is 19.7 Å². The molecule has 3 aromatic carbocycles. The Morgan fingerprint density at radius 3 is 2.30 bits per heavy atom. The van der Waals surface area contributed by atoms with Crippen molar-refractivity contribution in [3.8, 4) is 0 Å². The Morgan fingerprint density at radius 1 is 0.933 bits per heavy atom. The number of anilines is 1. The molecule has 0 atom stereocenters. The molecule has 0 spiro atoms. The molecule has 2 N–H and O–H groups in total. The molecule has 0 heterocycles. The smallest absolute Gasteiger partial charge is 0.272 e. The molecule has 0 saturated heterocycles. The first-order valence-electron chi connectivity index (χ1n) is 9.13. The molecule has 0 radical (unpaired) electrons. The van der Waals surface area contributed by atoms with E-state index in [0.29, 0.717) is 11.3 Å². The third-order valence-corrected chi connectivity index (χ3v) is 4.23. The van der Waals surface area contributed by atoms with Crippen LogP contribution in [0.4, 0.5) is 11.4 Å². The van der Waals surface area contributed by atoms with Gasteiger partial charge in [0.15, 0.2) is 0 Å². The lowest BCUT2D eigenvalue weighted by Crippen LogP contribution is -2.30. The fourth-order valence-corrected chi connectivity index (χ4v) is 2.66. The lowest BCUT2D eigenvalue weighted by molar-refractivity contribution is -0.384. The summed E-state index contributed by atoms with van der Waals surface area (Å²) >= 11 is 0. The topological polar surface area (TPSA) is 101 Å². The van der Waals surface area contributed by atoms with Crippen molar-refractivity contribution in [3.63, 3.8) is 0 Å². The van der Waals surface area contributed by atoms with Gasteiger partial charge in [-0.15, -0.1) is 0 Å². The third-order valence-electron chi connectivity index (χ3n) is 4.23. The molecule has 30 heavy (non-hydrogen) atoms. The fourth-order valence-electron chi connectivity index (χ4n) is 2.66. The second kappa shape index (κ2) is 9.29. The lowest BCUT2D eigenvalue weighted by atomic mass is 10.1. The molecule has 3 aromatic rings. The number of amides is 2. The van der Waals surface area contributed by atoms with Crippen LogP contribution in [0.2, 0.25) is 0 Å². The summed E-state index contributed by atoms with van der Waals surface area (Å²) in [4.78, 5) is 35.9. The van der Waals surface area contributed by atoms with Crippen molar-refractivity contribution < 1.29 is 14.5 Å². The van der Waals surface area contributed by atoms with Crippen molar-refractivity contribution >= 4 is 29.3 Å². The summed E-state index contributed by atoms with van der Waals surface area (Å²) in [5.74, 6) is -1.14. The third kappa shape index (κ3) is 5.39. The normalized spacial score (nSPS) is 10.9. The SMILES string of the molecule is Cc1ccc(NC(=O)C(=Cc2ccccc2)NC(=O)c2cccc([N+](=O)[O-])c2)cc1. The Hall–Kier alpha value is -4.26. The minimum absolute atomic E-state index is 0.0123. The number of carbonyl (C=O) groups excluding carboxylic acids is 2. The van der Waals surface area contributed by atoms with E-state index in [4.69, 9.17) is 0 Å². The van der Waals surface area contributed by atoms with E-state index in [1.165, 1.54) is 18.2 Å². The number of carbonyl (C=O) groups is 2. The Balaban J connectivity index is 1.87. The van der Waals surface area contributed by atoms with E-state index >= 15 is 0 Å². The number of nitro groups is 1. The van der Waals surface area contributed by atoms with E-state index in [2.05, 4.69) is 10.6 Å². The maximum Gasteiger partial charge on any atom is 0.272 e. The molecule has 0 aromatic heterocycles.